The predicted octanol–water partition coefficient (Wildman–Crippen LogP) is 4.57. The zero-order valence-electron chi connectivity index (χ0n) is 17.5. The van der Waals surface area contributed by atoms with Crippen LogP contribution in [0.5, 0.6) is 0 Å². The van der Waals surface area contributed by atoms with E-state index < -0.39 is 11.9 Å². The van der Waals surface area contributed by atoms with Gasteiger partial charge in [0, 0.05) is 30.2 Å². The van der Waals surface area contributed by atoms with Crippen molar-refractivity contribution in [2.24, 2.45) is 0 Å². The Balaban J connectivity index is 1.43. The molecule has 4 rings (SSSR count). The molecule has 0 aliphatic heterocycles. The van der Waals surface area contributed by atoms with Crippen LogP contribution in [0.2, 0.25) is 0 Å². The molecule has 1 amide bonds. The quantitative estimate of drug-likeness (QED) is 0.561. The third kappa shape index (κ3) is 4.69. The SMILES string of the molecule is CCON(C(=O)c1ccncc1)C1CCC(Nc2cccc3nc(C(F)(F)F)cn23)CC1. The second kappa shape index (κ2) is 9.15. The number of carbonyl (C=O) groups excluding carboxylic acids is 1. The molecular weight excluding hydrogens is 423 g/mol. The summed E-state index contributed by atoms with van der Waals surface area (Å²) in [5, 5.41) is 4.80. The van der Waals surface area contributed by atoms with Gasteiger partial charge in [0.15, 0.2) is 5.69 Å². The summed E-state index contributed by atoms with van der Waals surface area (Å²) < 4.78 is 40.6. The third-order valence-electron chi connectivity index (χ3n) is 5.56. The van der Waals surface area contributed by atoms with Crippen LogP contribution >= 0.6 is 0 Å². The van der Waals surface area contributed by atoms with Gasteiger partial charge in [-0.25, -0.2) is 10.0 Å². The third-order valence-corrected chi connectivity index (χ3v) is 5.56. The van der Waals surface area contributed by atoms with Gasteiger partial charge in [-0.2, -0.15) is 13.2 Å². The van der Waals surface area contributed by atoms with Crippen LogP contribution in [0.4, 0.5) is 19.0 Å². The Kier molecular flexibility index (Phi) is 6.31. The van der Waals surface area contributed by atoms with Gasteiger partial charge in [0.25, 0.3) is 5.91 Å². The molecule has 0 unspecified atom stereocenters. The van der Waals surface area contributed by atoms with Crippen molar-refractivity contribution in [2.75, 3.05) is 11.9 Å². The van der Waals surface area contributed by atoms with Crippen LogP contribution in [0.15, 0.2) is 48.9 Å². The number of anilines is 1. The Morgan fingerprint density at radius 1 is 1.19 bits per heavy atom. The number of rotatable bonds is 6. The van der Waals surface area contributed by atoms with Gasteiger partial charge < -0.3 is 5.32 Å². The van der Waals surface area contributed by atoms with E-state index in [4.69, 9.17) is 4.84 Å². The lowest BCUT2D eigenvalue weighted by Gasteiger charge is -2.36. The average molecular weight is 447 g/mol. The summed E-state index contributed by atoms with van der Waals surface area (Å²) in [7, 11) is 0. The highest BCUT2D eigenvalue weighted by molar-refractivity contribution is 5.93. The number of hydrogen-bond donors (Lipinski definition) is 1. The molecule has 0 saturated heterocycles. The van der Waals surface area contributed by atoms with Crippen LogP contribution in [0.25, 0.3) is 5.65 Å². The monoisotopic (exact) mass is 447 g/mol. The molecule has 1 fully saturated rings. The number of aromatic nitrogens is 3. The fourth-order valence-corrected chi connectivity index (χ4v) is 4.02. The van der Waals surface area contributed by atoms with Crippen LogP contribution < -0.4 is 5.32 Å². The Labute approximate surface area is 183 Å². The van der Waals surface area contributed by atoms with Crippen molar-refractivity contribution in [3.05, 3.63) is 60.2 Å². The molecule has 0 bridgehead atoms. The first-order valence-corrected chi connectivity index (χ1v) is 10.5. The Bertz CT molecular complexity index is 1060. The van der Waals surface area contributed by atoms with E-state index in [1.54, 1.807) is 42.7 Å². The van der Waals surface area contributed by atoms with Crippen LogP contribution in [0.3, 0.4) is 0 Å². The molecule has 3 aromatic heterocycles. The summed E-state index contributed by atoms with van der Waals surface area (Å²) in [6.45, 7) is 2.21. The lowest BCUT2D eigenvalue weighted by Crippen LogP contribution is -2.44. The van der Waals surface area contributed by atoms with E-state index in [1.807, 2.05) is 6.92 Å². The summed E-state index contributed by atoms with van der Waals surface area (Å²) in [5.41, 5.74) is -0.167. The number of hydroxylamine groups is 2. The fourth-order valence-electron chi connectivity index (χ4n) is 4.02. The summed E-state index contributed by atoms with van der Waals surface area (Å²) >= 11 is 0. The molecule has 10 heteroatoms. The molecule has 3 heterocycles. The topological polar surface area (TPSA) is 71.8 Å². The molecule has 0 radical (unpaired) electrons. The number of nitrogens with zero attached hydrogens (tertiary/aromatic N) is 4. The summed E-state index contributed by atoms with van der Waals surface area (Å²) in [6.07, 6.45) is 2.56. The number of amides is 1. The maximum Gasteiger partial charge on any atom is 0.434 e. The first kappa shape index (κ1) is 22.1. The minimum atomic E-state index is -4.49. The van der Waals surface area contributed by atoms with Crippen molar-refractivity contribution < 1.29 is 22.8 Å². The lowest BCUT2D eigenvalue weighted by molar-refractivity contribution is -0.151. The number of alkyl halides is 3. The normalized spacial score (nSPS) is 19.1. The molecule has 1 N–H and O–H groups in total. The Hall–Kier alpha value is -3.14. The van der Waals surface area contributed by atoms with E-state index in [1.165, 1.54) is 9.46 Å². The Morgan fingerprint density at radius 3 is 2.56 bits per heavy atom. The van der Waals surface area contributed by atoms with E-state index in [-0.39, 0.29) is 23.6 Å². The maximum atomic E-state index is 13.0. The van der Waals surface area contributed by atoms with Crippen molar-refractivity contribution >= 4 is 17.4 Å². The average Bonchev–Trinajstić information content (AvgIpc) is 3.25. The highest BCUT2D eigenvalue weighted by atomic mass is 19.4. The van der Waals surface area contributed by atoms with Crippen LogP contribution in [0.1, 0.15) is 48.7 Å². The van der Waals surface area contributed by atoms with Crippen molar-refractivity contribution in [2.45, 2.75) is 50.9 Å². The second-order valence-corrected chi connectivity index (χ2v) is 7.70. The molecule has 1 aliphatic rings. The molecule has 170 valence electrons. The predicted molar refractivity (Wildman–Crippen MR) is 112 cm³/mol. The Morgan fingerprint density at radius 2 is 1.91 bits per heavy atom. The van der Waals surface area contributed by atoms with E-state index in [9.17, 15) is 18.0 Å². The van der Waals surface area contributed by atoms with E-state index in [0.717, 1.165) is 19.0 Å². The highest BCUT2D eigenvalue weighted by Crippen LogP contribution is 2.31. The molecule has 1 aliphatic carbocycles. The number of pyridine rings is 2. The molecule has 3 aromatic rings. The summed E-state index contributed by atoms with van der Waals surface area (Å²) in [4.78, 5) is 26.2. The van der Waals surface area contributed by atoms with Gasteiger partial charge in [-0.3, -0.25) is 19.0 Å². The molecule has 0 atom stereocenters. The minimum absolute atomic E-state index is 0.0630. The molecular formula is C22H24F3N5O2. The zero-order chi connectivity index (χ0) is 22.7. The van der Waals surface area contributed by atoms with Gasteiger partial charge in [-0.1, -0.05) is 6.07 Å². The first-order chi connectivity index (χ1) is 15.4. The zero-order valence-corrected chi connectivity index (χ0v) is 17.5. The standard InChI is InChI=1S/C22H24F3N5O2/c1-2-32-30(21(31)15-10-12-26-13-11-15)17-8-6-16(7-9-17)27-19-4-3-5-20-28-18(14-29(19)20)22(23,24)25/h3-5,10-14,16-17,27H,2,6-9H2,1H3. The van der Waals surface area contributed by atoms with Gasteiger partial charge in [0.2, 0.25) is 0 Å². The van der Waals surface area contributed by atoms with E-state index in [2.05, 4.69) is 15.3 Å². The highest BCUT2D eigenvalue weighted by Gasteiger charge is 2.34. The minimum Gasteiger partial charge on any atom is -0.368 e. The van der Waals surface area contributed by atoms with Gasteiger partial charge in [-0.15, -0.1) is 0 Å². The van der Waals surface area contributed by atoms with Crippen molar-refractivity contribution in [3.63, 3.8) is 0 Å². The molecule has 1 saturated carbocycles. The number of fused-ring (bicyclic) bond motifs is 1. The smallest absolute Gasteiger partial charge is 0.368 e. The maximum absolute atomic E-state index is 13.0. The summed E-state index contributed by atoms with van der Waals surface area (Å²) in [5.74, 6) is 0.358. The van der Waals surface area contributed by atoms with E-state index in [0.29, 0.717) is 30.8 Å². The van der Waals surface area contributed by atoms with Crippen molar-refractivity contribution in [1.82, 2.24) is 19.4 Å². The lowest BCUT2D eigenvalue weighted by atomic mass is 9.90. The van der Waals surface area contributed by atoms with Crippen LogP contribution in [-0.2, 0) is 11.0 Å². The van der Waals surface area contributed by atoms with Crippen molar-refractivity contribution in [1.29, 1.82) is 0 Å². The van der Waals surface area contributed by atoms with E-state index >= 15 is 0 Å². The van der Waals surface area contributed by atoms with Crippen molar-refractivity contribution in [3.8, 4) is 0 Å². The van der Waals surface area contributed by atoms with Gasteiger partial charge in [0.05, 0.1) is 12.6 Å². The van der Waals surface area contributed by atoms with Gasteiger partial charge in [0.1, 0.15) is 11.5 Å². The van der Waals surface area contributed by atoms with Gasteiger partial charge in [-0.05, 0) is 56.9 Å². The first-order valence-electron chi connectivity index (χ1n) is 10.5. The molecule has 0 aromatic carbocycles. The van der Waals surface area contributed by atoms with Gasteiger partial charge >= 0.3 is 6.18 Å². The second-order valence-electron chi connectivity index (χ2n) is 7.70. The number of hydrogen-bond acceptors (Lipinski definition) is 5. The number of imidazole rings is 1. The fraction of sp³-hybridized carbons (Fsp3) is 0.409. The summed E-state index contributed by atoms with van der Waals surface area (Å²) in [6, 6.07) is 8.26. The molecule has 32 heavy (non-hydrogen) atoms. The molecule has 7 nitrogen and oxygen atoms in total. The number of nitrogens with one attached hydrogen (secondary N) is 1. The number of halogens is 3. The molecule has 0 spiro atoms. The largest absolute Gasteiger partial charge is 0.434 e. The number of carbonyl (C=O) groups is 1. The van der Waals surface area contributed by atoms with Crippen LogP contribution in [0, 0.1) is 0 Å². The van der Waals surface area contributed by atoms with Crippen LogP contribution in [-0.4, -0.2) is 44.0 Å².